The molecule has 0 saturated heterocycles. The van der Waals surface area contributed by atoms with Crippen LogP contribution in [0, 0.1) is 5.82 Å². The van der Waals surface area contributed by atoms with Gasteiger partial charge in [-0.2, -0.15) is 4.80 Å². The average Bonchev–Trinajstić information content (AvgIpc) is 2.69. The summed E-state index contributed by atoms with van der Waals surface area (Å²) >= 11 is 0. The number of aryl methyl sites for hydroxylation is 1. The van der Waals surface area contributed by atoms with Crippen LogP contribution in [0.4, 0.5) is 4.39 Å². The topological polar surface area (TPSA) is 69.6 Å². The molecule has 84 valence electrons. The highest BCUT2D eigenvalue weighted by molar-refractivity contribution is 5.26. The quantitative estimate of drug-likeness (QED) is 0.816. The van der Waals surface area contributed by atoms with Gasteiger partial charge in [0.15, 0.2) is 5.82 Å². The number of tetrazole rings is 1. The highest BCUT2D eigenvalue weighted by atomic mass is 19.1. The summed E-state index contributed by atoms with van der Waals surface area (Å²) in [5, 5.41) is 11.6. The van der Waals surface area contributed by atoms with Crippen LogP contribution in [-0.2, 0) is 7.05 Å². The molecule has 0 spiro atoms. The van der Waals surface area contributed by atoms with Crippen molar-refractivity contribution in [1.82, 2.24) is 20.2 Å². The lowest BCUT2D eigenvalue weighted by Crippen LogP contribution is -2.16. The zero-order valence-corrected chi connectivity index (χ0v) is 8.84. The number of halogens is 1. The van der Waals surface area contributed by atoms with Crippen LogP contribution in [0.2, 0.25) is 0 Å². The van der Waals surface area contributed by atoms with Crippen molar-refractivity contribution in [3.8, 4) is 0 Å². The molecule has 1 aromatic heterocycles. The Morgan fingerprint density at radius 3 is 2.75 bits per heavy atom. The largest absolute Gasteiger partial charge is 0.329 e. The molecule has 0 aliphatic carbocycles. The Morgan fingerprint density at radius 2 is 2.19 bits per heavy atom. The van der Waals surface area contributed by atoms with Crippen LogP contribution in [0.3, 0.4) is 0 Å². The molecule has 16 heavy (non-hydrogen) atoms. The lowest BCUT2D eigenvalue weighted by molar-refractivity contribution is 0.587. The van der Waals surface area contributed by atoms with Gasteiger partial charge in [-0.05, 0) is 16.8 Å². The van der Waals surface area contributed by atoms with Gasteiger partial charge >= 0.3 is 0 Å². The van der Waals surface area contributed by atoms with E-state index in [9.17, 15) is 4.39 Å². The number of rotatable bonds is 3. The maximum absolute atomic E-state index is 13.6. The molecule has 0 bridgehead atoms. The van der Waals surface area contributed by atoms with Gasteiger partial charge in [0, 0.05) is 6.54 Å². The lowest BCUT2D eigenvalue weighted by Gasteiger charge is -2.11. The molecule has 0 aliphatic rings. The molecule has 2 N–H and O–H groups in total. The molecule has 0 fully saturated rings. The first-order chi connectivity index (χ1) is 7.72. The fraction of sp³-hybridized carbons (Fsp3) is 0.300. The summed E-state index contributed by atoms with van der Waals surface area (Å²) < 4.78 is 13.6. The van der Waals surface area contributed by atoms with E-state index in [1.54, 1.807) is 25.2 Å². The zero-order chi connectivity index (χ0) is 11.5. The number of nitrogens with two attached hydrogens (primary N) is 1. The van der Waals surface area contributed by atoms with E-state index in [0.29, 0.717) is 11.4 Å². The molecule has 0 amide bonds. The summed E-state index contributed by atoms with van der Waals surface area (Å²) in [5.74, 6) is -0.213. The highest BCUT2D eigenvalue weighted by Crippen LogP contribution is 2.22. The molecule has 1 aromatic carbocycles. The van der Waals surface area contributed by atoms with Gasteiger partial charge in [-0.25, -0.2) is 4.39 Å². The fourth-order valence-electron chi connectivity index (χ4n) is 1.57. The minimum atomic E-state index is -0.352. The van der Waals surface area contributed by atoms with Gasteiger partial charge in [0.25, 0.3) is 0 Å². The molecule has 1 unspecified atom stereocenters. The molecule has 1 atom stereocenters. The molecule has 0 saturated carbocycles. The first kappa shape index (κ1) is 10.7. The molecule has 6 heteroatoms. The van der Waals surface area contributed by atoms with Crippen molar-refractivity contribution in [2.75, 3.05) is 6.54 Å². The second kappa shape index (κ2) is 4.36. The summed E-state index contributed by atoms with van der Waals surface area (Å²) in [4.78, 5) is 1.33. The second-order valence-electron chi connectivity index (χ2n) is 3.45. The Kier molecular flexibility index (Phi) is 2.91. The number of aromatic nitrogens is 4. The third kappa shape index (κ3) is 1.92. The highest BCUT2D eigenvalue weighted by Gasteiger charge is 2.20. The third-order valence-corrected chi connectivity index (χ3v) is 2.35. The van der Waals surface area contributed by atoms with Crippen molar-refractivity contribution in [2.24, 2.45) is 12.8 Å². The van der Waals surface area contributed by atoms with Gasteiger partial charge in [0.05, 0.1) is 13.0 Å². The molecular weight excluding hydrogens is 209 g/mol. The standard InChI is InChI=1S/C10H12FN5/c1-16-14-10(13-15-16)8(6-12)7-4-2-3-5-9(7)11/h2-5,8H,6,12H2,1H3. The van der Waals surface area contributed by atoms with Crippen molar-refractivity contribution >= 4 is 0 Å². The van der Waals surface area contributed by atoms with Gasteiger partial charge in [-0.3, -0.25) is 0 Å². The number of benzene rings is 1. The van der Waals surface area contributed by atoms with E-state index >= 15 is 0 Å². The smallest absolute Gasteiger partial charge is 0.183 e. The normalized spacial score (nSPS) is 12.7. The second-order valence-corrected chi connectivity index (χ2v) is 3.45. The molecule has 2 rings (SSSR count). The maximum Gasteiger partial charge on any atom is 0.183 e. The first-order valence-electron chi connectivity index (χ1n) is 4.90. The monoisotopic (exact) mass is 221 g/mol. The van der Waals surface area contributed by atoms with Crippen molar-refractivity contribution in [3.63, 3.8) is 0 Å². The summed E-state index contributed by atoms with van der Waals surface area (Å²) in [5.41, 5.74) is 6.13. The van der Waals surface area contributed by atoms with Crippen LogP contribution in [0.15, 0.2) is 24.3 Å². The lowest BCUT2D eigenvalue weighted by atomic mass is 9.98. The summed E-state index contributed by atoms with van der Waals surface area (Å²) in [6.45, 7) is 0.243. The molecule has 0 radical (unpaired) electrons. The molecule has 2 aromatic rings. The van der Waals surface area contributed by atoms with Crippen molar-refractivity contribution in [1.29, 1.82) is 0 Å². The maximum atomic E-state index is 13.6. The Balaban J connectivity index is 2.40. The molecule has 5 nitrogen and oxygen atoms in total. The SMILES string of the molecule is Cn1nnc(C(CN)c2ccccc2F)n1. The van der Waals surface area contributed by atoms with Gasteiger partial charge in [0.1, 0.15) is 5.82 Å². The summed E-state index contributed by atoms with van der Waals surface area (Å²) in [6, 6.07) is 6.48. The Hall–Kier alpha value is -1.82. The Bertz CT molecular complexity index is 482. The van der Waals surface area contributed by atoms with E-state index in [0.717, 1.165) is 0 Å². The first-order valence-corrected chi connectivity index (χ1v) is 4.90. The van der Waals surface area contributed by atoms with Crippen LogP contribution in [0.1, 0.15) is 17.3 Å². The van der Waals surface area contributed by atoms with E-state index in [2.05, 4.69) is 15.4 Å². The van der Waals surface area contributed by atoms with Gasteiger partial charge in [-0.1, -0.05) is 18.2 Å². The predicted molar refractivity (Wildman–Crippen MR) is 56.1 cm³/mol. The third-order valence-electron chi connectivity index (χ3n) is 2.35. The van der Waals surface area contributed by atoms with E-state index in [-0.39, 0.29) is 18.3 Å². The minimum Gasteiger partial charge on any atom is -0.329 e. The molecule has 0 aliphatic heterocycles. The summed E-state index contributed by atoms with van der Waals surface area (Å²) in [6.07, 6.45) is 0. The predicted octanol–water partition coefficient (Wildman–Crippen LogP) is 0.440. The van der Waals surface area contributed by atoms with E-state index < -0.39 is 0 Å². The minimum absolute atomic E-state index is 0.243. The average molecular weight is 221 g/mol. The van der Waals surface area contributed by atoms with Crippen molar-refractivity contribution in [2.45, 2.75) is 5.92 Å². The Labute approximate surface area is 92.1 Å². The van der Waals surface area contributed by atoms with Crippen molar-refractivity contribution in [3.05, 3.63) is 41.5 Å². The Morgan fingerprint density at radius 1 is 1.44 bits per heavy atom. The number of nitrogens with zero attached hydrogens (tertiary/aromatic N) is 4. The van der Waals surface area contributed by atoms with Crippen LogP contribution < -0.4 is 5.73 Å². The van der Waals surface area contributed by atoms with E-state index in [1.165, 1.54) is 10.9 Å². The van der Waals surface area contributed by atoms with E-state index in [1.807, 2.05) is 0 Å². The van der Waals surface area contributed by atoms with Gasteiger partial charge in [-0.15, -0.1) is 10.2 Å². The van der Waals surface area contributed by atoms with Gasteiger partial charge < -0.3 is 5.73 Å². The van der Waals surface area contributed by atoms with Crippen LogP contribution >= 0.6 is 0 Å². The molecule has 1 heterocycles. The fourth-order valence-corrected chi connectivity index (χ4v) is 1.57. The number of hydrogen-bond acceptors (Lipinski definition) is 4. The van der Waals surface area contributed by atoms with Gasteiger partial charge in [0.2, 0.25) is 0 Å². The summed E-state index contributed by atoms with van der Waals surface area (Å²) in [7, 11) is 1.66. The number of hydrogen-bond donors (Lipinski definition) is 1. The van der Waals surface area contributed by atoms with E-state index in [4.69, 9.17) is 5.73 Å². The zero-order valence-electron chi connectivity index (χ0n) is 8.84. The van der Waals surface area contributed by atoms with Crippen molar-refractivity contribution < 1.29 is 4.39 Å². The van der Waals surface area contributed by atoms with Crippen LogP contribution in [0.25, 0.3) is 0 Å². The molecular formula is C10H12FN5. The van der Waals surface area contributed by atoms with Crippen LogP contribution in [0.5, 0.6) is 0 Å². The van der Waals surface area contributed by atoms with Crippen LogP contribution in [-0.4, -0.2) is 26.8 Å².